The smallest absolute Gasteiger partial charge is 0.270 e. The summed E-state index contributed by atoms with van der Waals surface area (Å²) >= 11 is 0. The summed E-state index contributed by atoms with van der Waals surface area (Å²) in [4.78, 5) is 29.3. The van der Waals surface area contributed by atoms with Crippen LogP contribution in [-0.2, 0) is 0 Å². The van der Waals surface area contributed by atoms with Crippen LogP contribution in [0, 0.1) is 13.8 Å². The summed E-state index contributed by atoms with van der Waals surface area (Å²) in [6.45, 7) is 3.56. The Hall–Kier alpha value is -6.09. The van der Waals surface area contributed by atoms with Crippen molar-refractivity contribution in [1.82, 2.24) is 24.7 Å². The van der Waals surface area contributed by atoms with Crippen molar-refractivity contribution in [2.24, 2.45) is 0 Å². The van der Waals surface area contributed by atoms with Gasteiger partial charge in [0.05, 0.1) is 23.7 Å². The number of rotatable bonds is 5. The van der Waals surface area contributed by atoms with Gasteiger partial charge in [0.25, 0.3) is 5.56 Å². The number of nitrogens with zero attached hydrogens (tertiary/aromatic N) is 5. The summed E-state index contributed by atoms with van der Waals surface area (Å²) in [7, 11) is 1.63. The Morgan fingerprint density at radius 1 is 0.800 bits per heavy atom. The van der Waals surface area contributed by atoms with Crippen LogP contribution in [0.4, 0.5) is 0 Å². The highest BCUT2D eigenvalue weighted by Gasteiger charge is 2.28. The van der Waals surface area contributed by atoms with E-state index in [-0.39, 0.29) is 16.6 Å². The van der Waals surface area contributed by atoms with E-state index < -0.39 is 0 Å². The molecule has 0 atom stereocenters. The molecule has 0 radical (unpaired) electrons. The molecule has 3 aromatic carbocycles. The lowest BCUT2D eigenvalue weighted by molar-refractivity contribution is 0.408. The van der Waals surface area contributed by atoms with Gasteiger partial charge in [-0.25, -0.2) is 9.97 Å². The van der Waals surface area contributed by atoms with E-state index in [4.69, 9.17) is 28.9 Å². The number of aryl methyl sites for hydroxylation is 2. The van der Waals surface area contributed by atoms with Crippen LogP contribution in [0.5, 0.6) is 17.4 Å². The molecule has 7 aromatic rings. The molecule has 4 aromatic heterocycles. The molecule has 1 aliphatic heterocycles. The highest BCUT2D eigenvalue weighted by molar-refractivity contribution is 6.12. The zero-order valence-electron chi connectivity index (χ0n) is 24.6. The van der Waals surface area contributed by atoms with Crippen LogP contribution in [0.15, 0.2) is 94.2 Å². The number of para-hydroxylation sites is 2. The molecule has 0 amide bonds. The maximum Gasteiger partial charge on any atom is 0.270 e. The zero-order valence-corrected chi connectivity index (χ0v) is 24.6. The SMILES string of the molecule is COc1ccccc1-c1cc2c3c(nc4nc(C)n(-c5c(C)noc5/C=C/c5ccccc5)c(=O)c4c3n1)Oc1ccccc1-2. The fraction of sp³-hybridized carbons (Fsp3) is 0.0833. The van der Waals surface area contributed by atoms with Crippen molar-refractivity contribution in [1.29, 1.82) is 0 Å². The van der Waals surface area contributed by atoms with Gasteiger partial charge in [0, 0.05) is 16.7 Å². The largest absolute Gasteiger partial charge is 0.496 e. The number of aromatic nitrogens is 5. The Labute approximate surface area is 257 Å². The third-order valence-corrected chi connectivity index (χ3v) is 7.98. The number of pyridine rings is 2. The second kappa shape index (κ2) is 10.3. The molecule has 0 N–H and O–H groups in total. The second-order valence-electron chi connectivity index (χ2n) is 10.7. The Balaban J connectivity index is 1.45. The fourth-order valence-corrected chi connectivity index (χ4v) is 5.92. The van der Waals surface area contributed by atoms with E-state index >= 15 is 0 Å². The van der Waals surface area contributed by atoms with Crippen molar-refractivity contribution < 1.29 is 14.0 Å². The minimum absolute atomic E-state index is 0.238. The van der Waals surface area contributed by atoms with Crippen molar-refractivity contribution in [3.05, 3.63) is 118 Å². The van der Waals surface area contributed by atoms with Gasteiger partial charge in [-0.1, -0.05) is 71.9 Å². The maximum atomic E-state index is 14.7. The fourth-order valence-electron chi connectivity index (χ4n) is 5.92. The Bertz CT molecular complexity index is 2390. The van der Waals surface area contributed by atoms with Crippen LogP contribution in [0.2, 0.25) is 0 Å². The van der Waals surface area contributed by atoms with Crippen molar-refractivity contribution >= 4 is 34.1 Å². The third kappa shape index (κ3) is 4.20. The van der Waals surface area contributed by atoms with E-state index in [0.29, 0.717) is 56.9 Å². The van der Waals surface area contributed by atoms with Crippen LogP contribution >= 0.6 is 0 Å². The van der Waals surface area contributed by atoms with Crippen molar-refractivity contribution in [2.45, 2.75) is 13.8 Å². The molecule has 5 heterocycles. The molecule has 45 heavy (non-hydrogen) atoms. The lowest BCUT2D eigenvalue weighted by Crippen LogP contribution is -2.24. The summed E-state index contributed by atoms with van der Waals surface area (Å²) in [6, 6.07) is 27.2. The average molecular weight is 592 g/mol. The molecule has 218 valence electrons. The van der Waals surface area contributed by atoms with Crippen LogP contribution in [0.1, 0.15) is 22.8 Å². The van der Waals surface area contributed by atoms with Gasteiger partial charge in [-0.15, -0.1) is 0 Å². The zero-order chi connectivity index (χ0) is 30.7. The van der Waals surface area contributed by atoms with Crippen molar-refractivity contribution in [3.8, 4) is 45.5 Å². The summed E-state index contributed by atoms with van der Waals surface area (Å²) in [5.41, 5.74) is 5.52. The lowest BCUT2D eigenvalue weighted by atomic mass is 9.95. The predicted molar refractivity (Wildman–Crippen MR) is 173 cm³/mol. The van der Waals surface area contributed by atoms with E-state index in [9.17, 15) is 4.79 Å². The molecule has 1 aliphatic rings. The second-order valence-corrected chi connectivity index (χ2v) is 10.7. The monoisotopic (exact) mass is 591 g/mol. The number of benzene rings is 3. The Kier molecular flexibility index (Phi) is 6.06. The number of hydrogen-bond acceptors (Lipinski definition) is 8. The highest BCUT2D eigenvalue weighted by atomic mass is 16.5. The van der Waals surface area contributed by atoms with Crippen LogP contribution < -0.4 is 15.0 Å². The van der Waals surface area contributed by atoms with E-state index in [1.165, 1.54) is 4.57 Å². The average Bonchev–Trinajstić information content (AvgIpc) is 3.43. The number of hydrogen-bond donors (Lipinski definition) is 0. The minimum atomic E-state index is -0.341. The molecule has 0 fully saturated rings. The minimum Gasteiger partial charge on any atom is -0.496 e. The standard InChI is InChI=1S/C36H25N5O4/c1-20-33(29(45-40-20)18-17-22-11-5-4-6-12-22)41-21(2)37-34-31(36(41)42)32-30-25(23-13-7-10-16-28(23)44-35(30)39-34)19-26(38-32)24-14-8-9-15-27(24)43-3/h4-19H,1-3H3/b18-17+. The molecular formula is C36H25N5O4. The van der Waals surface area contributed by atoms with Crippen LogP contribution in [-0.4, -0.2) is 31.8 Å². The third-order valence-electron chi connectivity index (χ3n) is 7.98. The normalized spacial score (nSPS) is 12.1. The molecular weight excluding hydrogens is 566 g/mol. The molecule has 0 saturated heterocycles. The summed E-state index contributed by atoms with van der Waals surface area (Å²) in [5.74, 6) is 2.52. The number of ether oxygens (including phenoxy) is 2. The quantitative estimate of drug-likeness (QED) is 0.189. The van der Waals surface area contributed by atoms with Crippen LogP contribution in [0.25, 0.3) is 62.2 Å². The van der Waals surface area contributed by atoms with Crippen molar-refractivity contribution in [3.63, 3.8) is 0 Å². The molecule has 9 nitrogen and oxygen atoms in total. The molecule has 0 aliphatic carbocycles. The van der Waals surface area contributed by atoms with Gasteiger partial charge < -0.3 is 14.0 Å². The number of methoxy groups -OCH3 is 1. The molecule has 0 unspecified atom stereocenters. The van der Waals surface area contributed by atoms with Gasteiger partial charge in [-0.2, -0.15) is 4.98 Å². The molecule has 0 saturated carbocycles. The molecule has 8 rings (SSSR count). The first-order valence-corrected chi connectivity index (χ1v) is 14.4. The Morgan fingerprint density at radius 3 is 2.38 bits per heavy atom. The van der Waals surface area contributed by atoms with Gasteiger partial charge in [0.2, 0.25) is 5.88 Å². The van der Waals surface area contributed by atoms with Gasteiger partial charge in [0.1, 0.15) is 34.1 Å². The van der Waals surface area contributed by atoms with E-state index in [0.717, 1.165) is 22.3 Å². The van der Waals surface area contributed by atoms with Crippen LogP contribution in [0.3, 0.4) is 0 Å². The molecule has 0 spiro atoms. The summed E-state index contributed by atoms with van der Waals surface area (Å²) in [6.07, 6.45) is 3.72. The first-order valence-electron chi connectivity index (χ1n) is 14.4. The molecule has 0 bridgehead atoms. The van der Waals surface area contributed by atoms with Gasteiger partial charge in [-0.05, 0) is 49.8 Å². The topological polar surface area (TPSA) is 105 Å². The van der Waals surface area contributed by atoms with E-state index in [2.05, 4.69) is 5.16 Å². The maximum absolute atomic E-state index is 14.7. The highest BCUT2D eigenvalue weighted by Crippen LogP contribution is 2.47. The first kappa shape index (κ1) is 26.5. The van der Waals surface area contributed by atoms with E-state index in [1.54, 1.807) is 27.0 Å². The van der Waals surface area contributed by atoms with E-state index in [1.807, 2.05) is 91.0 Å². The first-order chi connectivity index (χ1) is 22.0. The summed E-state index contributed by atoms with van der Waals surface area (Å²) in [5, 5.41) is 5.10. The lowest BCUT2D eigenvalue weighted by Gasteiger charge is -2.22. The van der Waals surface area contributed by atoms with Gasteiger partial charge in [0.15, 0.2) is 11.4 Å². The molecule has 9 heteroatoms. The number of fused-ring (bicyclic) bond motifs is 4. The Morgan fingerprint density at radius 2 is 1.56 bits per heavy atom. The van der Waals surface area contributed by atoms with Crippen molar-refractivity contribution in [2.75, 3.05) is 7.11 Å². The van der Waals surface area contributed by atoms with Gasteiger partial charge in [-0.3, -0.25) is 9.36 Å². The summed E-state index contributed by atoms with van der Waals surface area (Å²) < 4.78 is 19.2. The van der Waals surface area contributed by atoms with Gasteiger partial charge >= 0.3 is 0 Å². The predicted octanol–water partition coefficient (Wildman–Crippen LogP) is 7.55.